The fourth-order valence-electron chi connectivity index (χ4n) is 1.80. The van der Waals surface area contributed by atoms with Crippen LogP contribution in [0.5, 0.6) is 0 Å². The molecule has 0 atom stereocenters. The maximum absolute atomic E-state index is 12.9. The monoisotopic (exact) mass is 324 g/mol. The van der Waals surface area contributed by atoms with Gasteiger partial charge in [-0.15, -0.1) is 0 Å². The zero-order valence-electron chi connectivity index (χ0n) is 9.79. The Morgan fingerprint density at radius 2 is 1.89 bits per heavy atom. The lowest BCUT2D eigenvalue weighted by molar-refractivity contribution is -0.0364. The van der Waals surface area contributed by atoms with E-state index in [0.29, 0.717) is 6.54 Å². The zero-order valence-corrected chi connectivity index (χ0v) is 11.4. The minimum atomic E-state index is -0.354. The normalized spacial score (nSPS) is 14.4. The third-order valence-corrected chi connectivity index (χ3v) is 3.27. The molecule has 0 saturated heterocycles. The number of rotatable bonds is 3. The molecule has 0 spiro atoms. The first kappa shape index (κ1) is 12.2. The van der Waals surface area contributed by atoms with E-state index in [1.807, 2.05) is 6.20 Å². The molecule has 1 aliphatic rings. The van der Waals surface area contributed by atoms with Gasteiger partial charge in [-0.3, -0.25) is 4.68 Å². The molecule has 0 fully saturated rings. The Morgan fingerprint density at radius 1 is 1.21 bits per heavy atom. The molecule has 2 aromatic rings. The van der Waals surface area contributed by atoms with Crippen LogP contribution in [-0.2, 0) is 16.0 Å². The van der Waals surface area contributed by atoms with Crippen molar-refractivity contribution in [3.63, 3.8) is 0 Å². The predicted octanol–water partition coefficient (Wildman–Crippen LogP) is 3.30. The van der Waals surface area contributed by atoms with Crippen LogP contribution >= 0.6 is 15.9 Å². The average Bonchev–Trinajstić information content (AvgIpc) is 3.01. The van der Waals surface area contributed by atoms with E-state index in [4.69, 9.17) is 9.47 Å². The maximum atomic E-state index is 12.9. The van der Waals surface area contributed by atoms with Crippen molar-refractivity contribution in [2.24, 2.45) is 0 Å². The summed E-state index contributed by atoms with van der Waals surface area (Å²) in [5, 5.41) is 4.43. The molecule has 1 aliphatic heterocycles. The highest BCUT2D eigenvalue weighted by Crippen LogP contribution is 2.27. The van der Waals surface area contributed by atoms with E-state index in [1.165, 1.54) is 24.7 Å². The lowest BCUT2D eigenvalue weighted by Gasteiger charge is -2.09. The molecule has 0 unspecified atom stereocenters. The van der Waals surface area contributed by atoms with Crippen LogP contribution in [0.3, 0.4) is 0 Å². The number of hydrogen-bond acceptors (Lipinski definition) is 3. The van der Waals surface area contributed by atoms with Gasteiger partial charge in [0, 0.05) is 11.8 Å². The first-order valence-corrected chi connectivity index (χ1v) is 6.46. The second-order valence-corrected chi connectivity index (χ2v) is 4.88. The topological polar surface area (TPSA) is 36.3 Å². The van der Waals surface area contributed by atoms with Gasteiger partial charge >= 0.3 is 0 Å². The molecular weight excluding hydrogens is 315 g/mol. The van der Waals surface area contributed by atoms with Gasteiger partial charge < -0.3 is 9.47 Å². The van der Waals surface area contributed by atoms with E-state index in [-0.39, 0.29) is 12.1 Å². The fourth-order valence-corrected chi connectivity index (χ4v) is 2.35. The summed E-state index contributed by atoms with van der Waals surface area (Å²) < 4.78 is 25.9. The molecule has 2 heterocycles. The summed E-state index contributed by atoms with van der Waals surface area (Å²) in [4.78, 5) is 0. The summed E-state index contributed by atoms with van der Waals surface area (Å²) in [5.41, 5.74) is 1.60. The SMILES string of the molecule is Fc1ccc(-c2nn(CC3OC=CO3)cc2Br)cc1. The van der Waals surface area contributed by atoms with Crippen LogP contribution in [0.4, 0.5) is 4.39 Å². The van der Waals surface area contributed by atoms with E-state index in [0.717, 1.165) is 15.7 Å². The number of benzene rings is 1. The van der Waals surface area contributed by atoms with Crippen LogP contribution in [0.2, 0.25) is 0 Å². The molecule has 1 aromatic carbocycles. The van der Waals surface area contributed by atoms with Crippen LogP contribution in [0.1, 0.15) is 0 Å². The number of nitrogens with zero attached hydrogens (tertiary/aromatic N) is 2. The molecule has 98 valence electrons. The largest absolute Gasteiger partial charge is 0.457 e. The van der Waals surface area contributed by atoms with E-state index in [2.05, 4.69) is 21.0 Å². The van der Waals surface area contributed by atoms with Crippen LogP contribution in [-0.4, -0.2) is 16.1 Å². The summed E-state index contributed by atoms with van der Waals surface area (Å²) in [5.74, 6) is -0.266. The summed E-state index contributed by atoms with van der Waals surface area (Å²) >= 11 is 3.45. The lowest BCUT2D eigenvalue weighted by Crippen LogP contribution is -2.17. The Labute approximate surface area is 117 Å². The molecular formula is C13H10BrFN2O2. The fraction of sp³-hybridized carbons (Fsp3) is 0.154. The Balaban J connectivity index is 1.82. The predicted molar refractivity (Wildman–Crippen MR) is 70.4 cm³/mol. The zero-order chi connectivity index (χ0) is 13.2. The van der Waals surface area contributed by atoms with Gasteiger partial charge in [0.25, 0.3) is 6.29 Å². The summed E-state index contributed by atoms with van der Waals surface area (Å²) in [7, 11) is 0. The van der Waals surface area contributed by atoms with Crippen molar-refractivity contribution in [2.45, 2.75) is 12.8 Å². The quantitative estimate of drug-likeness (QED) is 0.869. The third-order valence-electron chi connectivity index (χ3n) is 2.69. The van der Waals surface area contributed by atoms with Gasteiger partial charge in [0.1, 0.15) is 30.6 Å². The number of hydrogen-bond donors (Lipinski definition) is 0. The Kier molecular flexibility index (Phi) is 3.25. The second kappa shape index (κ2) is 5.05. The maximum Gasteiger partial charge on any atom is 0.259 e. The standard InChI is InChI=1S/C13H10BrFN2O2/c14-11-7-17(8-12-18-5-6-19-12)16-13(11)9-1-3-10(15)4-2-9/h1-7,12H,8H2. The number of aromatic nitrogens is 2. The number of halogens is 2. The van der Waals surface area contributed by atoms with Crippen LogP contribution < -0.4 is 0 Å². The molecule has 0 saturated carbocycles. The highest BCUT2D eigenvalue weighted by atomic mass is 79.9. The second-order valence-electron chi connectivity index (χ2n) is 4.03. The average molecular weight is 325 g/mol. The lowest BCUT2D eigenvalue weighted by atomic mass is 10.1. The van der Waals surface area contributed by atoms with Crippen molar-refractivity contribution in [1.82, 2.24) is 9.78 Å². The summed E-state index contributed by atoms with van der Waals surface area (Å²) in [6.45, 7) is 0.479. The van der Waals surface area contributed by atoms with Gasteiger partial charge in [-0.1, -0.05) is 0 Å². The molecule has 4 nitrogen and oxygen atoms in total. The number of ether oxygens (including phenoxy) is 2. The van der Waals surface area contributed by atoms with Gasteiger partial charge in [0.2, 0.25) is 0 Å². The molecule has 3 rings (SSSR count). The van der Waals surface area contributed by atoms with Crippen LogP contribution in [0.15, 0.2) is 47.5 Å². The van der Waals surface area contributed by atoms with Crippen molar-refractivity contribution in [1.29, 1.82) is 0 Å². The first-order valence-electron chi connectivity index (χ1n) is 5.67. The van der Waals surface area contributed by atoms with Gasteiger partial charge in [-0.25, -0.2) is 4.39 Å². The Hall–Kier alpha value is -1.82. The highest BCUT2D eigenvalue weighted by Gasteiger charge is 2.16. The molecule has 19 heavy (non-hydrogen) atoms. The minimum absolute atomic E-state index is 0.266. The molecule has 0 bridgehead atoms. The van der Waals surface area contributed by atoms with E-state index in [9.17, 15) is 4.39 Å². The third kappa shape index (κ3) is 2.63. The van der Waals surface area contributed by atoms with E-state index in [1.54, 1.807) is 16.8 Å². The molecule has 1 aromatic heterocycles. The van der Waals surface area contributed by atoms with Gasteiger partial charge in [0.15, 0.2) is 0 Å². The van der Waals surface area contributed by atoms with Gasteiger partial charge in [-0.05, 0) is 40.2 Å². The molecule has 0 radical (unpaired) electrons. The van der Waals surface area contributed by atoms with Crippen molar-refractivity contribution in [3.8, 4) is 11.3 Å². The Morgan fingerprint density at radius 3 is 2.58 bits per heavy atom. The van der Waals surface area contributed by atoms with Gasteiger partial charge in [-0.2, -0.15) is 5.10 Å². The van der Waals surface area contributed by atoms with E-state index < -0.39 is 0 Å². The molecule has 0 amide bonds. The highest BCUT2D eigenvalue weighted by molar-refractivity contribution is 9.10. The molecule has 0 N–H and O–H groups in total. The van der Waals surface area contributed by atoms with Crippen LogP contribution in [0, 0.1) is 5.82 Å². The summed E-state index contributed by atoms with van der Waals surface area (Å²) in [6, 6.07) is 6.20. The summed E-state index contributed by atoms with van der Waals surface area (Å²) in [6.07, 6.45) is 4.49. The molecule has 0 aliphatic carbocycles. The van der Waals surface area contributed by atoms with Gasteiger partial charge in [0.05, 0.1) is 4.47 Å². The van der Waals surface area contributed by atoms with Crippen molar-refractivity contribution in [2.75, 3.05) is 0 Å². The minimum Gasteiger partial charge on any atom is -0.457 e. The smallest absolute Gasteiger partial charge is 0.259 e. The molecule has 6 heteroatoms. The Bertz CT molecular complexity index is 602. The van der Waals surface area contributed by atoms with Crippen molar-refractivity contribution in [3.05, 3.63) is 53.3 Å². The van der Waals surface area contributed by atoms with Crippen molar-refractivity contribution < 1.29 is 13.9 Å². The first-order chi connectivity index (χ1) is 9.22. The van der Waals surface area contributed by atoms with Crippen LogP contribution in [0.25, 0.3) is 11.3 Å². The van der Waals surface area contributed by atoms with E-state index >= 15 is 0 Å². The van der Waals surface area contributed by atoms with Crippen molar-refractivity contribution >= 4 is 15.9 Å².